The Labute approximate surface area is 104 Å². The molecular weight excluding hydrogens is 238 g/mol. The third-order valence-electron chi connectivity index (χ3n) is 3.19. The van der Waals surface area contributed by atoms with E-state index in [1.807, 2.05) is 6.92 Å². The fourth-order valence-corrected chi connectivity index (χ4v) is 2.63. The predicted molar refractivity (Wildman–Crippen MR) is 64.8 cm³/mol. The van der Waals surface area contributed by atoms with Crippen LogP contribution in [0.5, 0.6) is 0 Å². The molecule has 1 aliphatic rings. The van der Waals surface area contributed by atoms with Crippen LogP contribution in [0.2, 0.25) is 0 Å². The van der Waals surface area contributed by atoms with Crippen molar-refractivity contribution in [2.75, 3.05) is 20.1 Å². The number of rotatable bonds is 2. The summed E-state index contributed by atoms with van der Waals surface area (Å²) in [5.74, 6) is -0.0926. The summed E-state index contributed by atoms with van der Waals surface area (Å²) in [6, 6.07) is 0. The van der Waals surface area contributed by atoms with Gasteiger partial charge in [-0.2, -0.15) is 0 Å². The summed E-state index contributed by atoms with van der Waals surface area (Å²) < 4.78 is 0. The van der Waals surface area contributed by atoms with Crippen molar-refractivity contribution in [1.82, 2.24) is 15.2 Å². The zero-order valence-corrected chi connectivity index (χ0v) is 10.7. The summed E-state index contributed by atoms with van der Waals surface area (Å²) in [5.41, 5.74) is 1.64. The van der Waals surface area contributed by atoms with Gasteiger partial charge in [0.05, 0.1) is 10.9 Å². The molecule has 2 rings (SSSR count). The number of amides is 2. The molecule has 0 bridgehead atoms. The highest BCUT2D eigenvalue weighted by Crippen LogP contribution is 2.30. The van der Waals surface area contributed by atoms with E-state index in [1.54, 1.807) is 22.8 Å². The molecule has 1 aromatic rings. The van der Waals surface area contributed by atoms with E-state index in [4.69, 9.17) is 0 Å². The topological polar surface area (TPSA) is 62.3 Å². The van der Waals surface area contributed by atoms with Gasteiger partial charge in [0.15, 0.2) is 0 Å². The Bertz CT molecular complexity index is 432. The maximum atomic E-state index is 12.0. The summed E-state index contributed by atoms with van der Waals surface area (Å²) in [4.78, 5) is 29.5. The minimum absolute atomic E-state index is 0.00826. The van der Waals surface area contributed by atoms with Crippen LogP contribution in [-0.2, 0) is 4.79 Å². The number of aromatic nitrogens is 1. The van der Waals surface area contributed by atoms with E-state index in [2.05, 4.69) is 10.3 Å². The average Bonchev–Trinajstić information content (AvgIpc) is 2.96. The molecule has 0 aromatic carbocycles. The molecule has 0 saturated carbocycles. The van der Waals surface area contributed by atoms with E-state index >= 15 is 0 Å². The Hall–Kier alpha value is -1.43. The van der Waals surface area contributed by atoms with E-state index in [0.717, 1.165) is 0 Å². The Balaban J connectivity index is 2.08. The largest absolute Gasteiger partial charge is 0.359 e. The van der Waals surface area contributed by atoms with Gasteiger partial charge in [-0.1, -0.05) is 0 Å². The first-order valence-corrected chi connectivity index (χ1v) is 6.41. The van der Waals surface area contributed by atoms with Crippen LogP contribution in [0.1, 0.15) is 23.8 Å². The molecule has 1 atom stereocenters. The second-order valence-corrected chi connectivity index (χ2v) is 5.21. The molecular formula is C11H15N3O2S. The highest BCUT2D eigenvalue weighted by molar-refractivity contribution is 7.07. The molecule has 0 aliphatic carbocycles. The number of nitrogens with zero attached hydrogens (tertiary/aromatic N) is 2. The lowest BCUT2D eigenvalue weighted by atomic mass is 9.89. The highest BCUT2D eigenvalue weighted by Gasteiger charge is 2.41. The predicted octanol–water partition coefficient (Wildman–Crippen LogP) is 0.741. The second-order valence-electron chi connectivity index (χ2n) is 4.49. The minimum Gasteiger partial charge on any atom is -0.359 e. The van der Waals surface area contributed by atoms with Crippen molar-refractivity contribution < 1.29 is 9.59 Å². The molecule has 0 radical (unpaired) electrons. The van der Waals surface area contributed by atoms with E-state index in [0.29, 0.717) is 25.2 Å². The molecule has 2 amide bonds. The molecule has 2 heterocycles. The van der Waals surface area contributed by atoms with Crippen molar-refractivity contribution in [2.24, 2.45) is 5.41 Å². The van der Waals surface area contributed by atoms with Crippen LogP contribution < -0.4 is 5.32 Å². The molecule has 1 aromatic heterocycles. The molecule has 1 unspecified atom stereocenters. The molecule has 1 fully saturated rings. The zero-order chi connectivity index (χ0) is 12.5. The van der Waals surface area contributed by atoms with Crippen LogP contribution in [0.15, 0.2) is 10.9 Å². The van der Waals surface area contributed by atoms with E-state index in [-0.39, 0.29) is 11.8 Å². The number of nitrogens with one attached hydrogen (secondary N) is 1. The average molecular weight is 253 g/mol. The van der Waals surface area contributed by atoms with Gasteiger partial charge in [-0.3, -0.25) is 9.59 Å². The van der Waals surface area contributed by atoms with Gasteiger partial charge in [0.2, 0.25) is 5.91 Å². The number of hydrogen-bond acceptors (Lipinski definition) is 4. The number of thiazole rings is 1. The van der Waals surface area contributed by atoms with Crippen molar-refractivity contribution in [1.29, 1.82) is 0 Å². The van der Waals surface area contributed by atoms with Crippen LogP contribution in [0.3, 0.4) is 0 Å². The molecule has 0 spiro atoms. The van der Waals surface area contributed by atoms with Gasteiger partial charge in [-0.15, -0.1) is 11.3 Å². The van der Waals surface area contributed by atoms with Gasteiger partial charge in [0, 0.05) is 25.5 Å². The molecule has 1 aliphatic heterocycles. The first-order valence-electron chi connectivity index (χ1n) is 5.46. The van der Waals surface area contributed by atoms with Crippen LogP contribution >= 0.6 is 11.3 Å². The Morgan fingerprint density at radius 2 is 2.35 bits per heavy atom. The first kappa shape index (κ1) is 12.0. The van der Waals surface area contributed by atoms with Gasteiger partial charge in [-0.25, -0.2) is 4.98 Å². The van der Waals surface area contributed by atoms with Gasteiger partial charge in [-0.05, 0) is 13.3 Å². The lowest BCUT2D eigenvalue weighted by molar-refractivity contribution is -0.128. The Kier molecular flexibility index (Phi) is 3.15. The summed E-state index contributed by atoms with van der Waals surface area (Å²) in [5, 5.41) is 4.39. The van der Waals surface area contributed by atoms with Crippen LogP contribution in [0.4, 0.5) is 0 Å². The standard InChI is InChI=1S/C11H15N3O2S/c1-11(10(16)12-2)3-4-14(6-11)9(15)8-5-17-7-13-8/h5,7H,3-4,6H2,1-2H3,(H,12,16). The summed E-state index contributed by atoms with van der Waals surface area (Å²) in [7, 11) is 1.62. The van der Waals surface area contributed by atoms with Crippen molar-refractivity contribution in [3.63, 3.8) is 0 Å². The van der Waals surface area contributed by atoms with E-state index in [1.165, 1.54) is 11.3 Å². The van der Waals surface area contributed by atoms with E-state index in [9.17, 15) is 9.59 Å². The summed E-state index contributed by atoms with van der Waals surface area (Å²) >= 11 is 1.40. The molecule has 6 heteroatoms. The third-order valence-corrected chi connectivity index (χ3v) is 3.77. The molecule has 92 valence electrons. The fourth-order valence-electron chi connectivity index (χ4n) is 2.10. The van der Waals surface area contributed by atoms with Gasteiger partial charge in [0.25, 0.3) is 5.91 Å². The number of hydrogen-bond donors (Lipinski definition) is 1. The number of likely N-dealkylation sites (tertiary alicyclic amines) is 1. The van der Waals surface area contributed by atoms with Crippen molar-refractivity contribution in [3.05, 3.63) is 16.6 Å². The van der Waals surface area contributed by atoms with Gasteiger partial charge >= 0.3 is 0 Å². The second kappa shape index (κ2) is 4.44. The number of carbonyl (C=O) groups excluding carboxylic acids is 2. The molecule has 17 heavy (non-hydrogen) atoms. The van der Waals surface area contributed by atoms with Crippen LogP contribution in [-0.4, -0.2) is 41.8 Å². The minimum atomic E-state index is -0.472. The van der Waals surface area contributed by atoms with Crippen molar-refractivity contribution in [3.8, 4) is 0 Å². The molecule has 1 saturated heterocycles. The van der Waals surface area contributed by atoms with Crippen LogP contribution in [0.25, 0.3) is 0 Å². The SMILES string of the molecule is CNC(=O)C1(C)CCN(C(=O)c2cscn2)C1. The zero-order valence-electron chi connectivity index (χ0n) is 9.90. The van der Waals surface area contributed by atoms with Crippen LogP contribution in [0, 0.1) is 5.41 Å². The normalized spacial score (nSPS) is 23.8. The third kappa shape index (κ3) is 2.17. The van der Waals surface area contributed by atoms with Gasteiger partial charge < -0.3 is 10.2 Å². The van der Waals surface area contributed by atoms with Crippen molar-refractivity contribution in [2.45, 2.75) is 13.3 Å². The lowest BCUT2D eigenvalue weighted by Gasteiger charge is -2.22. The smallest absolute Gasteiger partial charge is 0.273 e. The van der Waals surface area contributed by atoms with E-state index < -0.39 is 5.41 Å². The molecule has 5 nitrogen and oxygen atoms in total. The highest BCUT2D eigenvalue weighted by atomic mass is 32.1. The maximum Gasteiger partial charge on any atom is 0.273 e. The molecule has 1 N–H and O–H groups in total. The summed E-state index contributed by atoms with van der Waals surface area (Å²) in [6.45, 7) is 2.96. The first-order chi connectivity index (χ1) is 8.07. The quantitative estimate of drug-likeness (QED) is 0.845. The van der Waals surface area contributed by atoms with Crippen molar-refractivity contribution >= 4 is 23.2 Å². The fraction of sp³-hybridized carbons (Fsp3) is 0.545. The Morgan fingerprint density at radius 1 is 1.59 bits per heavy atom. The number of carbonyl (C=O) groups is 2. The van der Waals surface area contributed by atoms with Gasteiger partial charge in [0.1, 0.15) is 5.69 Å². The monoisotopic (exact) mass is 253 g/mol. The lowest BCUT2D eigenvalue weighted by Crippen LogP contribution is -2.40. The Morgan fingerprint density at radius 3 is 2.94 bits per heavy atom. The summed E-state index contributed by atoms with van der Waals surface area (Å²) in [6.07, 6.45) is 0.697. The maximum absolute atomic E-state index is 12.0.